The summed E-state index contributed by atoms with van der Waals surface area (Å²) in [6.45, 7) is 2.42. The Kier molecular flexibility index (Phi) is 5.26. The summed E-state index contributed by atoms with van der Waals surface area (Å²) in [4.78, 5) is 33.0. The molecule has 10 heteroatoms. The van der Waals surface area contributed by atoms with Gasteiger partial charge < -0.3 is 14.6 Å². The largest absolute Gasteiger partial charge is 0.442 e. The smallest absolute Gasteiger partial charge is 0.414 e. The van der Waals surface area contributed by atoms with Crippen LogP contribution in [0.2, 0.25) is 0 Å². The van der Waals surface area contributed by atoms with Gasteiger partial charge in [-0.2, -0.15) is 0 Å². The van der Waals surface area contributed by atoms with Crippen LogP contribution in [0.25, 0.3) is 11.3 Å². The highest BCUT2D eigenvalue weighted by Crippen LogP contribution is 2.30. The number of carbonyl (C=O) groups excluding carboxylic acids is 2. The van der Waals surface area contributed by atoms with E-state index < -0.39 is 18.0 Å². The summed E-state index contributed by atoms with van der Waals surface area (Å²) >= 11 is 1.44. The van der Waals surface area contributed by atoms with Crippen molar-refractivity contribution in [3.63, 3.8) is 0 Å². The molecule has 2 aromatic heterocycles. The average molecular weight is 415 g/mol. The standard InChI is InChI=1S/C19H18FN5O3S/c1-12(26)22-7-14-8-25(19(27)28-14)13-2-3-15(16(20)6-13)17-10-29-18(23-17)9-24-5-4-21-11-24/h2-6,10-11,14H,7-9H2,1H3,(H,22,26)/t14-/m0/s1. The zero-order chi connectivity index (χ0) is 20.4. The van der Waals surface area contributed by atoms with Crippen LogP contribution in [0.4, 0.5) is 14.9 Å². The number of imidazole rings is 1. The van der Waals surface area contributed by atoms with Crippen molar-refractivity contribution >= 4 is 29.0 Å². The number of thiazole rings is 1. The topological polar surface area (TPSA) is 89.4 Å². The molecule has 1 N–H and O–H groups in total. The number of nitrogens with zero attached hydrogens (tertiary/aromatic N) is 4. The molecule has 1 atom stereocenters. The molecule has 1 aromatic carbocycles. The number of cyclic esters (lactones) is 1. The molecule has 2 amide bonds. The third-order valence-electron chi connectivity index (χ3n) is 4.42. The Morgan fingerprint density at radius 2 is 2.31 bits per heavy atom. The number of rotatable bonds is 6. The van der Waals surface area contributed by atoms with Gasteiger partial charge in [-0.3, -0.25) is 9.69 Å². The van der Waals surface area contributed by atoms with Gasteiger partial charge >= 0.3 is 6.09 Å². The minimum absolute atomic E-state index is 0.203. The lowest BCUT2D eigenvalue weighted by atomic mass is 10.1. The van der Waals surface area contributed by atoms with Crippen molar-refractivity contribution < 1.29 is 18.7 Å². The molecular weight excluding hydrogens is 397 g/mol. The average Bonchev–Trinajstić information content (AvgIpc) is 3.42. The second-order valence-electron chi connectivity index (χ2n) is 6.58. The normalized spacial score (nSPS) is 16.1. The maximum atomic E-state index is 14.8. The van der Waals surface area contributed by atoms with Gasteiger partial charge in [0.15, 0.2) is 0 Å². The van der Waals surface area contributed by atoms with Crippen LogP contribution in [-0.4, -0.2) is 45.7 Å². The van der Waals surface area contributed by atoms with Gasteiger partial charge in [0.2, 0.25) is 5.91 Å². The Bertz CT molecular complexity index is 1040. The minimum Gasteiger partial charge on any atom is -0.442 e. The fourth-order valence-corrected chi connectivity index (χ4v) is 3.82. The van der Waals surface area contributed by atoms with Crippen molar-refractivity contribution in [2.45, 2.75) is 19.6 Å². The zero-order valence-corrected chi connectivity index (χ0v) is 16.4. The molecule has 0 radical (unpaired) electrons. The van der Waals surface area contributed by atoms with Crippen molar-refractivity contribution in [1.82, 2.24) is 19.9 Å². The van der Waals surface area contributed by atoms with Crippen molar-refractivity contribution in [2.24, 2.45) is 0 Å². The number of aromatic nitrogens is 3. The monoisotopic (exact) mass is 415 g/mol. The van der Waals surface area contributed by atoms with E-state index in [2.05, 4.69) is 15.3 Å². The van der Waals surface area contributed by atoms with Crippen molar-refractivity contribution in [3.05, 3.63) is 53.1 Å². The second kappa shape index (κ2) is 8.00. The van der Waals surface area contributed by atoms with Gasteiger partial charge in [0, 0.05) is 30.3 Å². The molecular formula is C19H18FN5O3S. The summed E-state index contributed by atoms with van der Waals surface area (Å²) in [7, 11) is 0. The summed E-state index contributed by atoms with van der Waals surface area (Å²) in [6, 6.07) is 4.57. The number of halogens is 1. The Labute approximate surface area is 170 Å². The van der Waals surface area contributed by atoms with E-state index >= 15 is 0 Å². The minimum atomic E-state index is -0.566. The van der Waals surface area contributed by atoms with Crippen LogP contribution in [0.3, 0.4) is 0 Å². The lowest BCUT2D eigenvalue weighted by molar-refractivity contribution is -0.119. The van der Waals surface area contributed by atoms with Gasteiger partial charge in [-0.15, -0.1) is 11.3 Å². The number of benzene rings is 1. The molecule has 1 aliphatic rings. The number of nitrogens with one attached hydrogen (secondary N) is 1. The van der Waals surface area contributed by atoms with Crippen molar-refractivity contribution in [2.75, 3.05) is 18.0 Å². The van der Waals surface area contributed by atoms with Crippen molar-refractivity contribution in [1.29, 1.82) is 0 Å². The predicted octanol–water partition coefficient (Wildman–Crippen LogP) is 2.66. The molecule has 3 heterocycles. The van der Waals surface area contributed by atoms with E-state index in [1.807, 2.05) is 10.8 Å². The molecule has 0 unspecified atom stereocenters. The summed E-state index contributed by atoms with van der Waals surface area (Å²) in [5, 5.41) is 5.25. The van der Waals surface area contributed by atoms with E-state index in [1.165, 1.54) is 29.2 Å². The molecule has 29 heavy (non-hydrogen) atoms. The molecule has 0 bridgehead atoms. The van der Waals surface area contributed by atoms with Gasteiger partial charge in [0.1, 0.15) is 16.9 Å². The molecule has 0 aliphatic carbocycles. The highest BCUT2D eigenvalue weighted by Gasteiger charge is 2.32. The molecule has 0 saturated carbocycles. The maximum Gasteiger partial charge on any atom is 0.414 e. The fourth-order valence-electron chi connectivity index (χ4n) is 3.02. The Balaban J connectivity index is 1.48. The van der Waals surface area contributed by atoms with Crippen LogP contribution >= 0.6 is 11.3 Å². The molecule has 0 spiro atoms. The molecule has 8 nitrogen and oxygen atoms in total. The highest BCUT2D eigenvalue weighted by atomic mass is 32.1. The van der Waals surface area contributed by atoms with Gasteiger partial charge in [-0.1, -0.05) is 0 Å². The Morgan fingerprint density at radius 3 is 3.03 bits per heavy atom. The molecule has 3 aromatic rings. The first-order valence-electron chi connectivity index (χ1n) is 8.92. The van der Waals surface area contributed by atoms with E-state index in [0.717, 1.165) is 5.01 Å². The summed E-state index contributed by atoms with van der Waals surface area (Å²) in [5.41, 5.74) is 1.31. The second-order valence-corrected chi connectivity index (χ2v) is 7.52. The molecule has 1 aliphatic heterocycles. The van der Waals surface area contributed by atoms with E-state index in [1.54, 1.807) is 30.0 Å². The fraction of sp³-hybridized carbons (Fsp3) is 0.263. The Morgan fingerprint density at radius 1 is 1.45 bits per heavy atom. The van der Waals surface area contributed by atoms with Crippen LogP contribution < -0.4 is 10.2 Å². The van der Waals surface area contributed by atoms with E-state index in [4.69, 9.17) is 4.74 Å². The summed E-state index contributed by atoms with van der Waals surface area (Å²) in [5.74, 6) is -0.675. The lowest BCUT2D eigenvalue weighted by Gasteiger charge is -2.14. The van der Waals surface area contributed by atoms with Gasteiger partial charge in [0.25, 0.3) is 0 Å². The van der Waals surface area contributed by atoms with Crippen LogP contribution in [-0.2, 0) is 16.1 Å². The lowest BCUT2D eigenvalue weighted by Crippen LogP contribution is -2.33. The van der Waals surface area contributed by atoms with Crippen LogP contribution in [0.15, 0.2) is 42.3 Å². The van der Waals surface area contributed by atoms with Gasteiger partial charge in [-0.05, 0) is 18.2 Å². The van der Waals surface area contributed by atoms with E-state index in [0.29, 0.717) is 23.5 Å². The molecule has 1 saturated heterocycles. The van der Waals surface area contributed by atoms with E-state index in [9.17, 15) is 14.0 Å². The number of carbonyl (C=O) groups is 2. The first-order valence-corrected chi connectivity index (χ1v) is 9.80. The molecule has 4 rings (SSSR count). The third-order valence-corrected chi connectivity index (χ3v) is 5.26. The van der Waals surface area contributed by atoms with Crippen molar-refractivity contribution in [3.8, 4) is 11.3 Å². The van der Waals surface area contributed by atoms with Gasteiger partial charge in [-0.25, -0.2) is 19.2 Å². The van der Waals surface area contributed by atoms with Crippen LogP contribution in [0.1, 0.15) is 11.9 Å². The maximum absolute atomic E-state index is 14.8. The number of anilines is 1. The number of amides is 2. The number of hydrogen-bond acceptors (Lipinski definition) is 6. The highest BCUT2D eigenvalue weighted by molar-refractivity contribution is 7.09. The van der Waals surface area contributed by atoms with E-state index in [-0.39, 0.29) is 19.0 Å². The quantitative estimate of drug-likeness (QED) is 0.669. The summed E-state index contributed by atoms with van der Waals surface area (Å²) < 4.78 is 21.9. The Hall–Kier alpha value is -3.27. The first-order chi connectivity index (χ1) is 14.0. The zero-order valence-electron chi connectivity index (χ0n) is 15.5. The van der Waals surface area contributed by atoms with Crippen LogP contribution in [0, 0.1) is 5.82 Å². The molecule has 1 fully saturated rings. The molecule has 150 valence electrons. The number of ether oxygens (including phenoxy) is 1. The summed E-state index contributed by atoms with van der Waals surface area (Å²) in [6.07, 6.45) is 4.19. The predicted molar refractivity (Wildman–Crippen MR) is 105 cm³/mol. The first kappa shape index (κ1) is 19.1. The van der Waals surface area contributed by atoms with Crippen LogP contribution in [0.5, 0.6) is 0 Å². The number of hydrogen-bond donors (Lipinski definition) is 1. The van der Waals surface area contributed by atoms with Gasteiger partial charge in [0.05, 0.1) is 37.3 Å². The SMILES string of the molecule is CC(=O)NC[C@H]1CN(c2ccc(-c3csc(Cn4ccnc4)n3)c(F)c2)C(=O)O1. The third kappa shape index (κ3) is 4.27.